The number of carbonyl (C=O) groups is 2. The second-order valence-corrected chi connectivity index (χ2v) is 6.06. The summed E-state index contributed by atoms with van der Waals surface area (Å²) in [5, 5.41) is 5.48. The summed E-state index contributed by atoms with van der Waals surface area (Å²) in [6.07, 6.45) is 0.836. The Labute approximate surface area is 168 Å². The van der Waals surface area contributed by atoms with Crippen molar-refractivity contribution in [2.24, 2.45) is 5.92 Å². The summed E-state index contributed by atoms with van der Waals surface area (Å²) in [6, 6.07) is 0. The van der Waals surface area contributed by atoms with Gasteiger partial charge in [0.15, 0.2) is 0 Å². The van der Waals surface area contributed by atoms with Crippen LogP contribution in [0.4, 0.5) is 0 Å². The van der Waals surface area contributed by atoms with Crippen molar-refractivity contribution in [1.82, 2.24) is 10.6 Å². The van der Waals surface area contributed by atoms with Crippen LogP contribution in [-0.4, -0.2) is 91.0 Å². The predicted octanol–water partition coefficient (Wildman–Crippen LogP) is 0.368. The SMILES string of the molecule is CCNC(=O)COCCOCCOCCOCCOCCNC(=O)C(C)CC. The molecule has 0 spiro atoms. The van der Waals surface area contributed by atoms with Crippen molar-refractivity contribution in [3.63, 3.8) is 0 Å². The molecule has 0 bridgehead atoms. The molecule has 0 aromatic heterocycles. The smallest absolute Gasteiger partial charge is 0.245 e. The molecule has 0 radical (unpaired) electrons. The average Bonchev–Trinajstić information content (AvgIpc) is 2.69. The Morgan fingerprint density at radius 2 is 1.18 bits per heavy atom. The van der Waals surface area contributed by atoms with Gasteiger partial charge in [-0.05, 0) is 13.3 Å². The highest BCUT2D eigenvalue weighted by Crippen LogP contribution is 1.98. The highest BCUT2D eigenvalue weighted by molar-refractivity contribution is 5.78. The summed E-state index contributed by atoms with van der Waals surface area (Å²) in [6.45, 7) is 11.1. The molecule has 166 valence electrons. The summed E-state index contributed by atoms with van der Waals surface area (Å²) < 4.78 is 26.6. The quantitative estimate of drug-likeness (QED) is 0.282. The molecule has 0 aromatic rings. The van der Waals surface area contributed by atoms with Crippen LogP contribution in [0.2, 0.25) is 0 Å². The third-order valence-corrected chi connectivity index (χ3v) is 3.70. The molecule has 0 rings (SSSR count). The van der Waals surface area contributed by atoms with Crippen LogP contribution in [-0.2, 0) is 33.3 Å². The maximum atomic E-state index is 11.5. The van der Waals surface area contributed by atoms with E-state index in [1.165, 1.54) is 0 Å². The van der Waals surface area contributed by atoms with Crippen LogP contribution in [0.1, 0.15) is 27.2 Å². The molecule has 0 aromatic carbocycles. The van der Waals surface area contributed by atoms with Gasteiger partial charge in [-0.15, -0.1) is 0 Å². The van der Waals surface area contributed by atoms with E-state index in [1.54, 1.807) is 0 Å². The first-order chi connectivity index (χ1) is 13.6. The van der Waals surface area contributed by atoms with Gasteiger partial charge in [-0.1, -0.05) is 13.8 Å². The van der Waals surface area contributed by atoms with E-state index in [2.05, 4.69) is 10.6 Å². The van der Waals surface area contributed by atoms with Gasteiger partial charge in [-0.3, -0.25) is 9.59 Å². The molecule has 1 atom stereocenters. The minimum absolute atomic E-state index is 0.0424. The molecule has 28 heavy (non-hydrogen) atoms. The van der Waals surface area contributed by atoms with Crippen LogP contribution in [0.3, 0.4) is 0 Å². The van der Waals surface area contributed by atoms with Crippen LogP contribution in [0, 0.1) is 5.92 Å². The number of rotatable bonds is 20. The Morgan fingerprint density at radius 1 is 0.714 bits per heavy atom. The van der Waals surface area contributed by atoms with E-state index in [0.717, 1.165) is 6.42 Å². The number of likely N-dealkylation sites (N-methyl/N-ethyl adjacent to an activating group) is 1. The standard InChI is InChI=1S/C19H38N2O7/c1-4-17(3)19(23)21-6-7-24-8-9-25-10-11-26-12-13-27-14-15-28-16-18(22)20-5-2/h17H,4-16H2,1-3H3,(H,20,22)(H,21,23). The maximum absolute atomic E-state index is 11.5. The van der Waals surface area contributed by atoms with Gasteiger partial charge in [0.05, 0.1) is 59.5 Å². The Hall–Kier alpha value is -1.26. The van der Waals surface area contributed by atoms with Gasteiger partial charge < -0.3 is 34.3 Å². The highest BCUT2D eigenvalue weighted by atomic mass is 16.6. The fraction of sp³-hybridized carbons (Fsp3) is 0.895. The minimum Gasteiger partial charge on any atom is -0.377 e. The number of hydrogen-bond donors (Lipinski definition) is 2. The second kappa shape index (κ2) is 20.5. The van der Waals surface area contributed by atoms with Crippen LogP contribution in [0.5, 0.6) is 0 Å². The summed E-state index contributed by atoms with van der Waals surface area (Å²) in [7, 11) is 0. The molecular weight excluding hydrogens is 368 g/mol. The van der Waals surface area contributed by atoms with Crippen molar-refractivity contribution in [2.75, 3.05) is 79.2 Å². The minimum atomic E-state index is -0.121. The lowest BCUT2D eigenvalue weighted by Crippen LogP contribution is -2.31. The molecule has 0 saturated heterocycles. The number of nitrogens with one attached hydrogen (secondary N) is 2. The summed E-state index contributed by atoms with van der Waals surface area (Å²) in [4.78, 5) is 22.6. The fourth-order valence-corrected chi connectivity index (χ4v) is 1.90. The van der Waals surface area contributed by atoms with Gasteiger partial charge in [-0.25, -0.2) is 0 Å². The first-order valence-corrected chi connectivity index (χ1v) is 10.0. The van der Waals surface area contributed by atoms with Crippen molar-refractivity contribution in [2.45, 2.75) is 27.2 Å². The lowest BCUT2D eigenvalue weighted by Gasteiger charge is -2.10. The van der Waals surface area contributed by atoms with Gasteiger partial charge in [0.2, 0.25) is 11.8 Å². The zero-order chi connectivity index (χ0) is 20.9. The maximum Gasteiger partial charge on any atom is 0.245 e. The number of ether oxygens (including phenoxy) is 5. The Balaban J connectivity index is 3.14. The van der Waals surface area contributed by atoms with E-state index in [4.69, 9.17) is 23.7 Å². The van der Waals surface area contributed by atoms with Crippen molar-refractivity contribution in [1.29, 1.82) is 0 Å². The molecule has 0 aliphatic heterocycles. The van der Waals surface area contributed by atoms with Crippen molar-refractivity contribution >= 4 is 11.8 Å². The summed E-state index contributed by atoms with van der Waals surface area (Å²) in [5.74, 6) is -0.0131. The van der Waals surface area contributed by atoms with Crippen molar-refractivity contribution in [3.05, 3.63) is 0 Å². The molecule has 0 aliphatic carbocycles. The largest absolute Gasteiger partial charge is 0.377 e. The lowest BCUT2D eigenvalue weighted by atomic mass is 10.1. The molecule has 2 amide bonds. The van der Waals surface area contributed by atoms with E-state index >= 15 is 0 Å². The molecule has 0 fully saturated rings. The average molecular weight is 407 g/mol. The van der Waals surface area contributed by atoms with Gasteiger partial charge in [0.25, 0.3) is 0 Å². The van der Waals surface area contributed by atoms with Crippen LogP contribution in [0.15, 0.2) is 0 Å². The highest BCUT2D eigenvalue weighted by Gasteiger charge is 2.08. The van der Waals surface area contributed by atoms with Crippen molar-refractivity contribution < 1.29 is 33.3 Å². The first-order valence-electron chi connectivity index (χ1n) is 10.0. The predicted molar refractivity (Wildman–Crippen MR) is 105 cm³/mol. The Bertz CT molecular complexity index is 383. The lowest BCUT2D eigenvalue weighted by molar-refractivity contribution is -0.126. The van der Waals surface area contributed by atoms with Crippen LogP contribution >= 0.6 is 0 Å². The van der Waals surface area contributed by atoms with Gasteiger partial charge in [0.1, 0.15) is 6.61 Å². The van der Waals surface area contributed by atoms with Gasteiger partial charge >= 0.3 is 0 Å². The van der Waals surface area contributed by atoms with Crippen LogP contribution in [0.25, 0.3) is 0 Å². The Morgan fingerprint density at radius 3 is 1.64 bits per heavy atom. The molecule has 0 aliphatic rings. The fourth-order valence-electron chi connectivity index (χ4n) is 1.90. The zero-order valence-electron chi connectivity index (χ0n) is 17.6. The topological polar surface area (TPSA) is 104 Å². The molecule has 2 N–H and O–H groups in total. The molecule has 9 heteroatoms. The van der Waals surface area contributed by atoms with E-state index in [1.807, 2.05) is 20.8 Å². The normalized spacial score (nSPS) is 12.0. The monoisotopic (exact) mass is 406 g/mol. The third kappa shape index (κ3) is 18.1. The van der Waals surface area contributed by atoms with E-state index in [0.29, 0.717) is 72.6 Å². The summed E-state index contributed by atoms with van der Waals surface area (Å²) >= 11 is 0. The number of hydrogen-bond acceptors (Lipinski definition) is 7. The zero-order valence-corrected chi connectivity index (χ0v) is 17.6. The molecule has 0 heterocycles. The van der Waals surface area contributed by atoms with Crippen LogP contribution < -0.4 is 10.6 Å². The number of amides is 2. The van der Waals surface area contributed by atoms with E-state index in [-0.39, 0.29) is 24.3 Å². The van der Waals surface area contributed by atoms with E-state index in [9.17, 15) is 9.59 Å². The third-order valence-electron chi connectivity index (χ3n) is 3.70. The summed E-state index contributed by atoms with van der Waals surface area (Å²) in [5.41, 5.74) is 0. The van der Waals surface area contributed by atoms with Gasteiger partial charge in [0, 0.05) is 19.0 Å². The second-order valence-electron chi connectivity index (χ2n) is 6.06. The first kappa shape index (κ1) is 26.7. The number of carbonyl (C=O) groups excluding carboxylic acids is 2. The van der Waals surface area contributed by atoms with E-state index < -0.39 is 0 Å². The molecule has 1 unspecified atom stereocenters. The van der Waals surface area contributed by atoms with Gasteiger partial charge in [-0.2, -0.15) is 0 Å². The molecular formula is C19H38N2O7. The van der Waals surface area contributed by atoms with Crippen molar-refractivity contribution in [3.8, 4) is 0 Å². The Kier molecular flexibility index (Phi) is 19.6. The molecule has 0 saturated carbocycles. The molecule has 9 nitrogen and oxygen atoms in total.